The predicted molar refractivity (Wildman–Crippen MR) is 108 cm³/mol. The third-order valence-corrected chi connectivity index (χ3v) is 6.59. The second-order valence-corrected chi connectivity index (χ2v) is 7.87. The lowest BCUT2D eigenvalue weighted by molar-refractivity contribution is -0.156. The standard InChI is InChI=1S/C24H21NO4/c1-2-29-22(27)20-16-13-18(15(21(16)26)12-14-8-4-3-5-9-14)24(20)17-10-6-7-11-19(17)25-23(24)28/h3-12,16,18,20H,2,13H2,1H3,(H,25,28)/b15-12+/t16-,18-,20-,24+/m0/s1. The summed E-state index contributed by atoms with van der Waals surface area (Å²) in [6.45, 7) is 1.95. The van der Waals surface area contributed by atoms with Gasteiger partial charge in [-0.15, -0.1) is 0 Å². The normalized spacial score (nSPS) is 30.7. The Morgan fingerprint density at radius 3 is 2.62 bits per heavy atom. The maximum atomic E-state index is 13.4. The second kappa shape index (κ2) is 6.41. The minimum absolute atomic E-state index is 0.0419. The van der Waals surface area contributed by atoms with Crippen molar-refractivity contribution in [3.05, 3.63) is 71.3 Å². The number of anilines is 1. The highest BCUT2D eigenvalue weighted by molar-refractivity contribution is 6.16. The van der Waals surface area contributed by atoms with Crippen LogP contribution in [0.1, 0.15) is 24.5 Å². The van der Waals surface area contributed by atoms with Gasteiger partial charge in [0.2, 0.25) is 5.91 Å². The van der Waals surface area contributed by atoms with Crippen LogP contribution in [0.2, 0.25) is 0 Å². The number of esters is 1. The smallest absolute Gasteiger partial charge is 0.311 e. The average Bonchev–Trinajstić information content (AvgIpc) is 3.33. The monoisotopic (exact) mass is 387 g/mol. The van der Waals surface area contributed by atoms with Gasteiger partial charge in [0.15, 0.2) is 5.78 Å². The van der Waals surface area contributed by atoms with E-state index in [1.165, 1.54) is 0 Å². The van der Waals surface area contributed by atoms with Gasteiger partial charge >= 0.3 is 5.97 Å². The van der Waals surface area contributed by atoms with Gasteiger partial charge in [-0.05, 0) is 36.6 Å². The molecule has 5 nitrogen and oxygen atoms in total. The quantitative estimate of drug-likeness (QED) is 0.648. The van der Waals surface area contributed by atoms with Crippen LogP contribution in [0.5, 0.6) is 0 Å². The van der Waals surface area contributed by atoms with E-state index in [1.807, 2.05) is 60.7 Å². The predicted octanol–water partition coefficient (Wildman–Crippen LogP) is 3.36. The first-order valence-electron chi connectivity index (χ1n) is 9.97. The van der Waals surface area contributed by atoms with Crippen molar-refractivity contribution in [2.75, 3.05) is 11.9 Å². The Labute approximate surface area is 168 Å². The molecule has 1 N–H and O–H groups in total. The third kappa shape index (κ3) is 2.30. The summed E-state index contributed by atoms with van der Waals surface area (Å²) in [7, 11) is 0. The fourth-order valence-electron chi connectivity index (χ4n) is 5.56. The highest BCUT2D eigenvalue weighted by Gasteiger charge is 2.72. The molecule has 1 aliphatic heterocycles. The SMILES string of the molecule is CCOC(=O)[C@@H]1[C@@H]2C[C@@H](/C(=C\c3ccccc3)C2=O)[C@@]12C(=O)Nc1ccccc12. The summed E-state index contributed by atoms with van der Waals surface area (Å²) in [6, 6.07) is 17.1. The minimum atomic E-state index is -1.10. The zero-order valence-electron chi connectivity index (χ0n) is 16.1. The van der Waals surface area contributed by atoms with E-state index in [1.54, 1.807) is 6.92 Å². The summed E-state index contributed by atoms with van der Waals surface area (Å²) in [4.78, 5) is 39.6. The third-order valence-electron chi connectivity index (χ3n) is 6.59. The van der Waals surface area contributed by atoms with Gasteiger partial charge in [0.1, 0.15) is 0 Å². The molecule has 3 aliphatic rings. The highest BCUT2D eigenvalue weighted by Crippen LogP contribution is 2.64. The van der Waals surface area contributed by atoms with E-state index in [0.717, 1.165) is 11.1 Å². The van der Waals surface area contributed by atoms with E-state index in [9.17, 15) is 14.4 Å². The van der Waals surface area contributed by atoms with Crippen LogP contribution in [0.15, 0.2) is 60.2 Å². The largest absolute Gasteiger partial charge is 0.466 e. The van der Waals surface area contributed by atoms with Crippen LogP contribution in [0.3, 0.4) is 0 Å². The molecule has 1 heterocycles. The minimum Gasteiger partial charge on any atom is -0.466 e. The summed E-state index contributed by atoms with van der Waals surface area (Å²) >= 11 is 0. The molecule has 0 aromatic heterocycles. The van der Waals surface area contributed by atoms with E-state index in [4.69, 9.17) is 4.74 Å². The number of benzene rings is 2. The van der Waals surface area contributed by atoms with Crippen molar-refractivity contribution in [1.29, 1.82) is 0 Å². The number of Topliss-reactive ketones (excluding diaryl/α,β-unsaturated/α-hetero) is 1. The van der Waals surface area contributed by atoms with E-state index in [0.29, 0.717) is 17.7 Å². The number of fused-ring (bicyclic) bond motifs is 5. The summed E-state index contributed by atoms with van der Waals surface area (Å²) in [5, 5.41) is 2.96. The molecule has 2 aliphatic carbocycles. The molecule has 4 atom stereocenters. The lowest BCUT2D eigenvalue weighted by Gasteiger charge is -2.38. The molecule has 2 aromatic rings. The molecule has 29 heavy (non-hydrogen) atoms. The first kappa shape index (κ1) is 17.9. The van der Waals surface area contributed by atoms with Gasteiger partial charge in [-0.1, -0.05) is 48.5 Å². The molecule has 1 spiro atoms. The van der Waals surface area contributed by atoms with Crippen LogP contribution in [0, 0.1) is 17.8 Å². The van der Waals surface area contributed by atoms with Crippen molar-refractivity contribution in [3.63, 3.8) is 0 Å². The van der Waals surface area contributed by atoms with Crippen molar-refractivity contribution < 1.29 is 19.1 Å². The number of carbonyl (C=O) groups excluding carboxylic acids is 3. The Balaban J connectivity index is 1.71. The summed E-state index contributed by atoms with van der Waals surface area (Å²) < 4.78 is 5.34. The number of hydrogen-bond donors (Lipinski definition) is 1. The van der Waals surface area contributed by atoms with Crippen molar-refractivity contribution in [2.24, 2.45) is 17.8 Å². The number of para-hydroxylation sites is 1. The molecule has 0 radical (unpaired) electrons. The molecular formula is C24H21NO4. The van der Waals surface area contributed by atoms with Crippen LogP contribution >= 0.6 is 0 Å². The molecule has 2 bridgehead atoms. The average molecular weight is 387 g/mol. The summed E-state index contributed by atoms with van der Waals surface area (Å²) in [5.74, 6) is -2.39. The topological polar surface area (TPSA) is 72.5 Å². The van der Waals surface area contributed by atoms with Gasteiger partial charge in [0.25, 0.3) is 0 Å². The van der Waals surface area contributed by atoms with Crippen LogP contribution in [-0.4, -0.2) is 24.3 Å². The number of ether oxygens (including phenoxy) is 1. The Kier molecular flexibility index (Phi) is 3.95. The van der Waals surface area contributed by atoms with Crippen LogP contribution in [0.25, 0.3) is 6.08 Å². The van der Waals surface area contributed by atoms with E-state index in [2.05, 4.69) is 5.32 Å². The van der Waals surface area contributed by atoms with Crippen molar-refractivity contribution in [1.82, 2.24) is 0 Å². The zero-order chi connectivity index (χ0) is 20.2. The van der Waals surface area contributed by atoms with E-state index < -0.39 is 23.2 Å². The van der Waals surface area contributed by atoms with E-state index >= 15 is 0 Å². The number of nitrogens with one attached hydrogen (secondary N) is 1. The van der Waals surface area contributed by atoms with Crippen molar-refractivity contribution >= 4 is 29.4 Å². The fraction of sp³-hybridized carbons (Fsp3) is 0.292. The maximum Gasteiger partial charge on any atom is 0.311 e. The Hall–Kier alpha value is -3.21. The molecular weight excluding hydrogens is 366 g/mol. The molecule has 5 rings (SSSR count). The number of amides is 1. The van der Waals surface area contributed by atoms with Gasteiger partial charge in [0.05, 0.1) is 17.9 Å². The number of allylic oxidation sites excluding steroid dienone is 1. The Morgan fingerprint density at radius 2 is 1.86 bits per heavy atom. The lowest BCUT2D eigenvalue weighted by atomic mass is 9.60. The first-order valence-corrected chi connectivity index (χ1v) is 9.97. The molecule has 146 valence electrons. The van der Waals surface area contributed by atoms with Gasteiger partial charge in [-0.25, -0.2) is 0 Å². The zero-order valence-corrected chi connectivity index (χ0v) is 16.1. The number of carbonyl (C=O) groups is 3. The lowest BCUT2D eigenvalue weighted by Crippen LogP contribution is -2.52. The molecule has 0 saturated heterocycles. The van der Waals surface area contributed by atoms with Gasteiger partial charge < -0.3 is 10.1 Å². The number of hydrogen-bond acceptors (Lipinski definition) is 4. The molecule has 2 saturated carbocycles. The molecule has 2 aromatic carbocycles. The number of rotatable bonds is 3. The van der Waals surface area contributed by atoms with Gasteiger partial charge in [-0.2, -0.15) is 0 Å². The molecule has 2 fully saturated rings. The molecule has 0 unspecified atom stereocenters. The Morgan fingerprint density at radius 1 is 1.14 bits per heavy atom. The number of ketones is 1. The van der Waals surface area contributed by atoms with Crippen molar-refractivity contribution in [2.45, 2.75) is 18.8 Å². The second-order valence-electron chi connectivity index (χ2n) is 7.87. The van der Waals surface area contributed by atoms with Gasteiger partial charge in [0, 0.05) is 23.1 Å². The summed E-state index contributed by atoms with van der Waals surface area (Å²) in [6.07, 6.45) is 2.37. The highest BCUT2D eigenvalue weighted by atomic mass is 16.5. The van der Waals surface area contributed by atoms with Gasteiger partial charge in [-0.3, -0.25) is 14.4 Å². The van der Waals surface area contributed by atoms with E-state index in [-0.39, 0.29) is 24.2 Å². The first-order chi connectivity index (χ1) is 14.1. The summed E-state index contributed by atoms with van der Waals surface area (Å²) in [5.41, 5.74) is 1.96. The molecule has 1 amide bonds. The Bertz CT molecular complexity index is 1060. The van der Waals surface area contributed by atoms with Crippen LogP contribution in [0.4, 0.5) is 5.69 Å². The fourth-order valence-corrected chi connectivity index (χ4v) is 5.56. The molecule has 5 heteroatoms. The van der Waals surface area contributed by atoms with Crippen LogP contribution in [-0.2, 0) is 24.5 Å². The van der Waals surface area contributed by atoms with Crippen molar-refractivity contribution in [3.8, 4) is 0 Å². The maximum absolute atomic E-state index is 13.4. The van der Waals surface area contributed by atoms with Crippen LogP contribution < -0.4 is 5.32 Å².